The van der Waals surface area contributed by atoms with Crippen LogP contribution in [0.25, 0.3) is 0 Å². The molecule has 8 aliphatic rings. The van der Waals surface area contributed by atoms with E-state index in [0.29, 0.717) is 6.42 Å². The topological polar surface area (TPSA) is 113 Å². The van der Waals surface area contributed by atoms with Crippen molar-refractivity contribution in [2.24, 2.45) is 45.8 Å². The zero-order valence-corrected chi connectivity index (χ0v) is 32.2. The molecule has 6 bridgehead atoms. The zero-order chi connectivity index (χ0) is 33.8. The van der Waals surface area contributed by atoms with Gasteiger partial charge < -0.3 is 38.0 Å². The van der Waals surface area contributed by atoms with Crippen LogP contribution in [0.5, 0.6) is 0 Å². The molecule has 4 aliphatic heterocycles. The number of carbonyl (C=O) groups excluding carboxylic acids is 1. The molecule has 8 rings (SSSR count). The highest BCUT2D eigenvalue weighted by atomic mass is 28.4. The predicted octanol–water partition coefficient (Wildman–Crippen LogP) is 5.59. The lowest BCUT2D eigenvalue weighted by molar-refractivity contribution is -0.424. The maximum absolute atomic E-state index is 14.6. The van der Waals surface area contributed by atoms with Crippen molar-refractivity contribution in [2.75, 3.05) is 13.2 Å². The van der Waals surface area contributed by atoms with Gasteiger partial charge in [0.15, 0.2) is 22.4 Å². The van der Waals surface area contributed by atoms with Crippen molar-refractivity contribution in [3.63, 3.8) is 0 Å². The molecule has 2 N–H and O–H groups in total. The molecule has 0 aromatic heterocycles. The monoisotopic (exact) mass is 692 g/mol. The Hall–Kier alpha value is -0.376. The van der Waals surface area contributed by atoms with Gasteiger partial charge >= 0.3 is 5.97 Å². The van der Waals surface area contributed by atoms with Gasteiger partial charge in [-0.25, -0.2) is 0 Å². The van der Waals surface area contributed by atoms with Gasteiger partial charge in [-0.15, -0.1) is 0 Å². The van der Waals surface area contributed by atoms with Crippen LogP contribution in [-0.2, 0) is 32.6 Å². The number of hydrogen-bond acceptors (Lipinski definition) is 9. The van der Waals surface area contributed by atoms with Crippen LogP contribution in [0.3, 0.4) is 0 Å². The van der Waals surface area contributed by atoms with Crippen molar-refractivity contribution < 1.29 is 42.8 Å². The Morgan fingerprint density at radius 2 is 1.47 bits per heavy atom. The Morgan fingerprint density at radius 1 is 0.872 bits per heavy atom. The van der Waals surface area contributed by atoms with Gasteiger partial charge in [0.05, 0.1) is 30.5 Å². The first-order chi connectivity index (χ1) is 22.1. The van der Waals surface area contributed by atoms with E-state index in [9.17, 15) is 15.0 Å². The van der Waals surface area contributed by atoms with Crippen LogP contribution in [-0.4, -0.2) is 87.6 Å². The van der Waals surface area contributed by atoms with E-state index in [4.69, 9.17) is 27.8 Å². The predicted molar refractivity (Wildman–Crippen MR) is 179 cm³/mol. The molecule has 4 saturated carbocycles. The Morgan fingerprint density at radius 3 is 2.04 bits per heavy atom. The second kappa shape index (κ2) is 10.1. The zero-order valence-electron chi connectivity index (χ0n) is 30.2. The molecule has 0 aromatic carbocycles. The molecule has 47 heavy (non-hydrogen) atoms. The minimum atomic E-state index is -2.23. The van der Waals surface area contributed by atoms with E-state index in [0.717, 1.165) is 49.1 Å². The Bertz CT molecular complexity index is 1300. The van der Waals surface area contributed by atoms with Gasteiger partial charge in [-0.05, 0) is 75.3 Å². The van der Waals surface area contributed by atoms with Crippen molar-refractivity contribution in [1.82, 2.24) is 0 Å². The van der Waals surface area contributed by atoms with Crippen LogP contribution < -0.4 is 0 Å². The molecule has 11 heteroatoms. The van der Waals surface area contributed by atoms with Gasteiger partial charge in [-0.1, -0.05) is 48.5 Å². The van der Waals surface area contributed by atoms with E-state index in [1.165, 1.54) is 0 Å². The average Bonchev–Trinajstić information content (AvgIpc) is 3.73. The van der Waals surface area contributed by atoms with Crippen LogP contribution in [0, 0.1) is 45.8 Å². The summed E-state index contributed by atoms with van der Waals surface area (Å²) in [5, 5.41) is 25.3. The SMILES string of the molecule is CC[Si](CC)(CC)OC1C[C@H](O[Si](CC)(CC)CC)[C@@]23COC(=O)[C@@]14CO[C@H]([C@H]24)[C@@]12OC4CC5CC4C([C@]5(O)O1)[C@@]2(C)[C@@H]3C(C)(C)O. The summed E-state index contributed by atoms with van der Waals surface area (Å²) in [7, 11) is -4.44. The van der Waals surface area contributed by atoms with E-state index in [2.05, 4.69) is 48.5 Å². The maximum atomic E-state index is 14.6. The first kappa shape index (κ1) is 33.8. The molecule has 266 valence electrons. The molecule has 5 unspecified atom stereocenters. The summed E-state index contributed by atoms with van der Waals surface area (Å²) in [5.74, 6) is -3.93. The molecule has 0 spiro atoms. The maximum Gasteiger partial charge on any atom is 0.317 e. The van der Waals surface area contributed by atoms with Gasteiger partial charge in [0.2, 0.25) is 5.79 Å². The molecule has 8 fully saturated rings. The molecule has 4 aliphatic carbocycles. The second-order valence-corrected chi connectivity index (χ2v) is 27.2. The number of cyclic esters (lactones) is 1. The molecule has 4 saturated heterocycles. The van der Waals surface area contributed by atoms with Crippen LogP contribution >= 0.6 is 0 Å². The fraction of sp³-hybridized carbons (Fsp3) is 0.972. The number of rotatable bonds is 11. The molecular weight excluding hydrogens is 633 g/mol. The number of esters is 1. The van der Waals surface area contributed by atoms with Crippen molar-refractivity contribution in [3.05, 3.63) is 0 Å². The molecule has 0 amide bonds. The van der Waals surface area contributed by atoms with Crippen molar-refractivity contribution in [1.29, 1.82) is 0 Å². The van der Waals surface area contributed by atoms with Crippen LogP contribution in [0.4, 0.5) is 0 Å². The lowest BCUT2D eigenvalue weighted by Crippen LogP contribution is -2.84. The summed E-state index contributed by atoms with van der Waals surface area (Å²) in [6.07, 6.45) is 0.784. The Balaban J connectivity index is 1.40. The number of carbonyl (C=O) groups is 1. The number of ether oxygens (including phenoxy) is 4. The Kier molecular flexibility index (Phi) is 7.29. The van der Waals surface area contributed by atoms with Gasteiger partial charge in [-0.3, -0.25) is 4.79 Å². The highest BCUT2D eigenvalue weighted by Gasteiger charge is 2.95. The third kappa shape index (κ3) is 3.58. The smallest absolute Gasteiger partial charge is 0.317 e. The summed E-state index contributed by atoms with van der Waals surface area (Å²) in [6, 6.07) is 5.85. The summed E-state index contributed by atoms with van der Waals surface area (Å²) >= 11 is 0. The molecule has 9 nitrogen and oxygen atoms in total. The summed E-state index contributed by atoms with van der Waals surface area (Å²) < 4.78 is 43.0. The van der Waals surface area contributed by atoms with E-state index < -0.39 is 74.1 Å². The van der Waals surface area contributed by atoms with E-state index in [1.807, 2.05) is 13.8 Å². The molecule has 0 aromatic rings. The standard InChI is InChI=1S/C36H60O9Si2/c1-10-46(11-2,12-3)43-24-18-25(44-47(13-4,14-5)15-6)34-20-40-28-27(34)33(24,19-41-30(34)37)29(31(7,8)38)32(9)26-22-16-21-17-23(22)42-36(28,32)45-35(21,26)39/h21-29,38-39H,10-20H2,1-9H3/t21?,22?,23?,24-,25?,26?,27+,28+,29-,32-,33-,34-,35+,36+/m0/s1. The lowest BCUT2D eigenvalue weighted by Gasteiger charge is -2.74. The van der Waals surface area contributed by atoms with E-state index >= 15 is 0 Å². The van der Waals surface area contributed by atoms with Gasteiger partial charge in [0, 0.05) is 34.5 Å². The van der Waals surface area contributed by atoms with Crippen molar-refractivity contribution in [2.45, 2.75) is 159 Å². The molecular formula is C36H60O9Si2. The van der Waals surface area contributed by atoms with Crippen molar-refractivity contribution in [3.8, 4) is 0 Å². The second-order valence-electron chi connectivity index (χ2n) is 17.7. The third-order valence-corrected chi connectivity index (χ3v) is 25.6. The highest BCUT2D eigenvalue weighted by molar-refractivity contribution is 6.74. The minimum Gasteiger partial charge on any atom is -0.464 e. The van der Waals surface area contributed by atoms with Gasteiger partial charge in [0.25, 0.3) is 0 Å². The number of fused-ring (bicyclic) bond motifs is 2. The van der Waals surface area contributed by atoms with Gasteiger partial charge in [0.1, 0.15) is 18.1 Å². The van der Waals surface area contributed by atoms with Crippen LogP contribution in [0.2, 0.25) is 36.3 Å². The van der Waals surface area contributed by atoms with E-state index in [1.54, 1.807) is 0 Å². The lowest BCUT2D eigenvalue weighted by atomic mass is 9.34. The minimum absolute atomic E-state index is 0.0207. The Labute approximate surface area is 283 Å². The third-order valence-electron chi connectivity index (χ3n) is 16.3. The van der Waals surface area contributed by atoms with E-state index in [-0.39, 0.29) is 49.1 Å². The fourth-order valence-electron chi connectivity index (χ4n) is 14.2. The van der Waals surface area contributed by atoms with Crippen LogP contribution in [0.1, 0.15) is 81.6 Å². The first-order valence-electron chi connectivity index (χ1n) is 19.1. The number of hydrogen-bond donors (Lipinski definition) is 2. The summed E-state index contributed by atoms with van der Waals surface area (Å²) in [6.45, 7) is 19.8. The highest BCUT2D eigenvalue weighted by Crippen LogP contribution is 2.85. The summed E-state index contributed by atoms with van der Waals surface area (Å²) in [4.78, 5) is 14.6. The van der Waals surface area contributed by atoms with Crippen LogP contribution in [0.15, 0.2) is 0 Å². The summed E-state index contributed by atoms with van der Waals surface area (Å²) in [5.41, 5.74) is -3.93. The normalized spacial score (nSPS) is 52.1. The number of aliphatic hydroxyl groups is 2. The molecule has 14 atom stereocenters. The quantitative estimate of drug-likeness (QED) is 0.211. The first-order valence-corrected chi connectivity index (χ1v) is 24.2. The van der Waals surface area contributed by atoms with Gasteiger partial charge in [-0.2, -0.15) is 0 Å². The van der Waals surface area contributed by atoms with Crippen molar-refractivity contribution >= 4 is 22.6 Å². The largest absolute Gasteiger partial charge is 0.464 e. The average molecular weight is 693 g/mol. The molecule has 4 heterocycles. The fourth-order valence-corrected chi connectivity index (χ4v) is 20.1. The molecule has 0 radical (unpaired) electrons.